The van der Waals surface area contributed by atoms with Crippen LogP contribution in [-0.4, -0.2) is 35.2 Å². The van der Waals surface area contributed by atoms with Gasteiger partial charge in [0.1, 0.15) is 18.2 Å². The second kappa shape index (κ2) is 8.95. The number of carbonyl (C=O) groups is 1. The molecule has 0 saturated carbocycles. The zero-order chi connectivity index (χ0) is 19.9. The lowest BCUT2D eigenvalue weighted by Gasteiger charge is -2.17. The number of hydrogen-bond acceptors (Lipinski definition) is 4. The van der Waals surface area contributed by atoms with Crippen molar-refractivity contribution in [2.75, 3.05) is 24.5 Å². The largest absolute Gasteiger partial charge is 0.371 e. The highest BCUT2D eigenvalue weighted by atomic mass is 19.1. The molecule has 0 unspecified atom stereocenters. The first-order chi connectivity index (χ1) is 13.6. The Morgan fingerprint density at radius 1 is 1.14 bits per heavy atom. The minimum absolute atomic E-state index is 0.00197. The highest BCUT2D eigenvalue weighted by Gasteiger charge is 2.16. The van der Waals surface area contributed by atoms with Gasteiger partial charge in [0.2, 0.25) is 0 Å². The molecular weight excluding hydrogens is 364 g/mol. The number of nitrogens with one attached hydrogen (secondary N) is 1. The Morgan fingerprint density at radius 3 is 2.39 bits per heavy atom. The van der Waals surface area contributed by atoms with Gasteiger partial charge in [-0.15, -0.1) is 0 Å². The Bertz CT molecular complexity index is 967. The van der Waals surface area contributed by atoms with Crippen molar-refractivity contribution in [2.45, 2.75) is 12.8 Å². The number of pyridine rings is 1. The summed E-state index contributed by atoms with van der Waals surface area (Å²) in [5.41, 5.74) is 2.39. The maximum absolute atomic E-state index is 12.0. The van der Waals surface area contributed by atoms with Crippen LogP contribution in [0.4, 0.5) is 14.5 Å². The SMILES string of the molecule is Fc1ccc(F)cc1.N#CCNC(=O)c1cnn2ccc(N3CCCC3)cc12. The second-order valence-electron chi connectivity index (χ2n) is 6.24. The van der Waals surface area contributed by atoms with E-state index in [1.54, 1.807) is 4.52 Å². The van der Waals surface area contributed by atoms with E-state index in [1.165, 1.54) is 19.0 Å². The fourth-order valence-corrected chi connectivity index (χ4v) is 2.96. The van der Waals surface area contributed by atoms with Crippen molar-refractivity contribution in [3.63, 3.8) is 0 Å². The van der Waals surface area contributed by atoms with Crippen molar-refractivity contribution < 1.29 is 13.6 Å². The summed E-state index contributed by atoms with van der Waals surface area (Å²) in [7, 11) is 0. The molecule has 1 saturated heterocycles. The van der Waals surface area contributed by atoms with E-state index < -0.39 is 11.6 Å². The molecule has 1 amide bonds. The van der Waals surface area contributed by atoms with E-state index in [1.807, 2.05) is 24.4 Å². The van der Waals surface area contributed by atoms with Crippen LogP contribution in [0.25, 0.3) is 5.52 Å². The van der Waals surface area contributed by atoms with Crippen molar-refractivity contribution in [3.8, 4) is 6.07 Å². The van der Waals surface area contributed by atoms with E-state index in [4.69, 9.17) is 5.26 Å². The number of amides is 1. The maximum Gasteiger partial charge on any atom is 0.255 e. The highest BCUT2D eigenvalue weighted by molar-refractivity contribution is 6.01. The first-order valence-electron chi connectivity index (χ1n) is 8.87. The van der Waals surface area contributed by atoms with Gasteiger partial charge in [0.15, 0.2) is 0 Å². The van der Waals surface area contributed by atoms with E-state index in [-0.39, 0.29) is 12.5 Å². The number of fused-ring (bicyclic) bond motifs is 1. The van der Waals surface area contributed by atoms with Crippen LogP contribution in [0.3, 0.4) is 0 Å². The van der Waals surface area contributed by atoms with E-state index in [0.29, 0.717) is 5.56 Å². The third kappa shape index (κ3) is 4.62. The van der Waals surface area contributed by atoms with Crippen molar-refractivity contribution in [1.82, 2.24) is 14.9 Å². The first kappa shape index (κ1) is 19.3. The van der Waals surface area contributed by atoms with Crippen LogP contribution in [0.5, 0.6) is 0 Å². The summed E-state index contributed by atoms with van der Waals surface area (Å²) < 4.78 is 25.5. The van der Waals surface area contributed by atoms with Gasteiger partial charge in [-0.05, 0) is 49.2 Å². The van der Waals surface area contributed by atoms with Crippen molar-refractivity contribution in [3.05, 3.63) is 66.0 Å². The summed E-state index contributed by atoms with van der Waals surface area (Å²) >= 11 is 0. The lowest BCUT2D eigenvalue weighted by Crippen LogP contribution is -2.23. The van der Waals surface area contributed by atoms with Gasteiger partial charge in [-0.3, -0.25) is 4.79 Å². The predicted octanol–water partition coefficient (Wildman–Crippen LogP) is 3.15. The number of nitrogens with zero attached hydrogens (tertiary/aromatic N) is 4. The molecule has 2 aromatic heterocycles. The number of aromatic nitrogens is 2. The molecule has 28 heavy (non-hydrogen) atoms. The van der Waals surface area contributed by atoms with Crippen LogP contribution in [0.2, 0.25) is 0 Å². The van der Waals surface area contributed by atoms with Crippen LogP contribution in [-0.2, 0) is 0 Å². The lowest BCUT2D eigenvalue weighted by molar-refractivity contribution is 0.0960. The molecule has 0 bridgehead atoms. The van der Waals surface area contributed by atoms with E-state index in [9.17, 15) is 13.6 Å². The van der Waals surface area contributed by atoms with Crippen LogP contribution in [0.1, 0.15) is 23.2 Å². The number of halogens is 2. The van der Waals surface area contributed by atoms with Crippen LogP contribution < -0.4 is 10.2 Å². The highest BCUT2D eigenvalue weighted by Crippen LogP contribution is 2.23. The quantitative estimate of drug-likeness (QED) is 0.705. The summed E-state index contributed by atoms with van der Waals surface area (Å²) in [6, 6.07) is 10.2. The molecule has 4 rings (SSSR count). The number of rotatable bonds is 3. The van der Waals surface area contributed by atoms with Crippen molar-refractivity contribution >= 4 is 17.1 Å². The first-order valence-corrected chi connectivity index (χ1v) is 8.87. The average molecular weight is 383 g/mol. The standard InChI is InChI=1S/C14H15N5O.C6H4F2/c15-4-5-16-14(20)12-10-17-19-8-3-11(9-13(12)19)18-6-1-2-7-18;7-5-1-2-6(8)4-3-5/h3,8-10H,1-2,5-7H2,(H,16,20);1-4H. The van der Waals surface area contributed by atoms with E-state index in [0.717, 1.165) is 48.6 Å². The van der Waals surface area contributed by atoms with E-state index >= 15 is 0 Å². The molecule has 1 aliphatic heterocycles. The Hall–Kier alpha value is -3.47. The zero-order valence-corrected chi connectivity index (χ0v) is 15.1. The Kier molecular flexibility index (Phi) is 6.17. The van der Waals surface area contributed by atoms with Crippen LogP contribution >= 0.6 is 0 Å². The zero-order valence-electron chi connectivity index (χ0n) is 15.1. The molecule has 1 aromatic carbocycles. The molecule has 6 nitrogen and oxygen atoms in total. The predicted molar refractivity (Wildman–Crippen MR) is 101 cm³/mol. The Morgan fingerprint density at radius 2 is 1.79 bits per heavy atom. The summed E-state index contributed by atoms with van der Waals surface area (Å²) in [6.45, 7) is 2.11. The molecule has 0 radical (unpaired) electrons. The molecule has 3 heterocycles. The van der Waals surface area contributed by atoms with Gasteiger partial charge in [-0.1, -0.05) is 0 Å². The van der Waals surface area contributed by atoms with Crippen LogP contribution in [0.15, 0.2) is 48.8 Å². The molecule has 144 valence electrons. The van der Waals surface area contributed by atoms with Crippen LogP contribution in [0, 0.1) is 23.0 Å². The molecular formula is C20H19F2N5O. The number of benzene rings is 1. The van der Waals surface area contributed by atoms with Crippen molar-refractivity contribution in [2.24, 2.45) is 0 Å². The third-order valence-corrected chi connectivity index (χ3v) is 4.35. The molecule has 0 spiro atoms. The molecule has 1 N–H and O–H groups in total. The Labute approximate surface area is 161 Å². The maximum atomic E-state index is 12.0. The summed E-state index contributed by atoms with van der Waals surface area (Å²) in [4.78, 5) is 14.3. The average Bonchev–Trinajstić information content (AvgIpc) is 3.38. The van der Waals surface area contributed by atoms with Gasteiger partial charge in [0.25, 0.3) is 5.91 Å². The molecule has 8 heteroatoms. The van der Waals surface area contributed by atoms with Gasteiger partial charge < -0.3 is 10.2 Å². The summed E-state index contributed by atoms with van der Waals surface area (Å²) in [5.74, 6) is -1.09. The topological polar surface area (TPSA) is 73.4 Å². The minimum Gasteiger partial charge on any atom is -0.371 e. The number of nitriles is 1. The smallest absolute Gasteiger partial charge is 0.255 e. The number of hydrogen-bond donors (Lipinski definition) is 1. The molecule has 0 atom stereocenters. The normalized spacial score (nSPS) is 13.0. The fraction of sp³-hybridized carbons (Fsp3) is 0.250. The van der Waals surface area contributed by atoms with Gasteiger partial charge in [0, 0.05) is 25.0 Å². The van der Waals surface area contributed by atoms with Gasteiger partial charge >= 0.3 is 0 Å². The van der Waals surface area contributed by atoms with Gasteiger partial charge in [-0.25, -0.2) is 13.3 Å². The fourth-order valence-electron chi connectivity index (χ4n) is 2.96. The molecule has 0 aliphatic carbocycles. The molecule has 1 fully saturated rings. The lowest BCUT2D eigenvalue weighted by atomic mass is 10.2. The Balaban J connectivity index is 0.000000236. The monoisotopic (exact) mass is 383 g/mol. The summed E-state index contributed by atoms with van der Waals surface area (Å²) in [5, 5.41) is 15.2. The van der Waals surface area contributed by atoms with Gasteiger partial charge in [0.05, 0.1) is 23.3 Å². The molecule has 1 aliphatic rings. The summed E-state index contributed by atoms with van der Waals surface area (Å²) in [6.07, 6.45) is 5.82. The van der Waals surface area contributed by atoms with E-state index in [2.05, 4.69) is 15.3 Å². The number of anilines is 1. The second-order valence-corrected chi connectivity index (χ2v) is 6.24. The van der Waals surface area contributed by atoms with Gasteiger partial charge in [-0.2, -0.15) is 10.4 Å². The molecule has 3 aromatic rings. The third-order valence-electron chi connectivity index (χ3n) is 4.35. The number of carbonyl (C=O) groups excluding carboxylic acids is 1. The van der Waals surface area contributed by atoms with Crippen molar-refractivity contribution in [1.29, 1.82) is 5.26 Å². The minimum atomic E-state index is -0.411.